The zero-order valence-corrected chi connectivity index (χ0v) is 23.5. The Morgan fingerprint density at radius 2 is 1.47 bits per heavy atom. The Labute approximate surface area is 224 Å². The van der Waals surface area contributed by atoms with E-state index in [9.17, 15) is 9.59 Å². The lowest BCUT2D eigenvalue weighted by Gasteiger charge is -2.25. The number of nitrogens with one attached hydrogen (secondary N) is 2. The summed E-state index contributed by atoms with van der Waals surface area (Å²) in [6, 6.07) is 14.4. The van der Waals surface area contributed by atoms with Gasteiger partial charge in [-0.25, -0.2) is 19.7 Å². The van der Waals surface area contributed by atoms with E-state index in [-0.39, 0.29) is 5.91 Å². The molecular weight excluding hydrogens is 502 g/mol. The number of anilines is 1. The zero-order chi connectivity index (χ0) is 27.5. The largest absolute Gasteiger partial charge is 0.412 e. The predicted octanol–water partition coefficient (Wildman–Crippen LogP) is 5.03. The van der Waals surface area contributed by atoms with E-state index in [4.69, 9.17) is 13.6 Å². The second kappa shape index (κ2) is 13.8. The van der Waals surface area contributed by atoms with Crippen molar-refractivity contribution in [2.45, 2.75) is 46.7 Å². The topological polar surface area (TPSA) is 125 Å². The molecule has 3 aromatic rings. The van der Waals surface area contributed by atoms with E-state index in [1.807, 2.05) is 46.4 Å². The Morgan fingerprint density at radius 3 is 2.05 bits per heavy atom. The third-order valence-electron chi connectivity index (χ3n) is 5.56. The lowest BCUT2D eigenvalue weighted by atomic mass is 10.1. The van der Waals surface area contributed by atoms with Crippen LogP contribution in [0.3, 0.4) is 0 Å². The van der Waals surface area contributed by atoms with E-state index in [2.05, 4.69) is 25.6 Å². The minimum Gasteiger partial charge on any atom is -0.410 e. The van der Waals surface area contributed by atoms with Gasteiger partial charge in [0.05, 0.1) is 0 Å². The Bertz CT molecular complexity index is 1200. The monoisotopic (exact) mass is 537 g/mol. The van der Waals surface area contributed by atoms with Gasteiger partial charge in [-0.3, -0.25) is 4.79 Å². The van der Waals surface area contributed by atoms with Gasteiger partial charge < -0.3 is 24.2 Å². The molecule has 1 heterocycles. The molecule has 202 valence electrons. The fourth-order valence-electron chi connectivity index (χ4n) is 3.86. The summed E-state index contributed by atoms with van der Waals surface area (Å²) in [7, 11) is -2.20. The van der Waals surface area contributed by atoms with Crippen molar-refractivity contribution in [1.29, 1.82) is 0 Å². The lowest BCUT2D eigenvalue weighted by Crippen LogP contribution is -2.39. The van der Waals surface area contributed by atoms with Crippen LogP contribution in [0.2, 0.25) is 12.6 Å². The lowest BCUT2D eigenvalue weighted by molar-refractivity contribution is 0.102. The minimum atomic E-state index is -2.20. The van der Waals surface area contributed by atoms with Gasteiger partial charge in [0.2, 0.25) is 0 Å². The molecule has 0 atom stereocenters. The van der Waals surface area contributed by atoms with Gasteiger partial charge in [0.1, 0.15) is 17.4 Å². The zero-order valence-electron chi connectivity index (χ0n) is 22.5. The molecule has 0 aliphatic rings. The first-order valence-electron chi connectivity index (χ1n) is 12.7. The van der Waals surface area contributed by atoms with Crippen LogP contribution in [0, 0.1) is 13.8 Å². The summed E-state index contributed by atoms with van der Waals surface area (Å²) in [5.41, 5.74) is 1.89. The standard InChI is InChI=1S/C27H35N5O5Si/c1-6-35-38(5,36-7-2)18-8-17-28-27(34)37-24-15-11-22(12-16-24)26(33)32-23-13-9-21(10-14-23)25-30-19(3)29-20(4)31-25/h9-16H,6-8,17-18H2,1-5H3,(H,28,34)(H,32,33). The predicted molar refractivity (Wildman–Crippen MR) is 147 cm³/mol. The van der Waals surface area contributed by atoms with Gasteiger partial charge in [-0.2, -0.15) is 0 Å². The highest BCUT2D eigenvalue weighted by atomic mass is 28.4. The number of hydrogen-bond acceptors (Lipinski definition) is 8. The molecule has 2 aromatic carbocycles. The molecule has 0 aliphatic heterocycles. The quantitative estimate of drug-likeness (QED) is 0.243. The highest BCUT2D eigenvalue weighted by molar-refractivity contribution is 6.66. The first kappa shape index (κ1) is 28.9. The number of rotatable bonds is 12. The summed E-state index contributed by atoms with van der Waals surface area (Å²) in [5, 5.41) is 5.59. The molecule has 0 spiro atoms. The fraction of sp³-hybridized carbons (Fsp3) is 0.370. The van der Waals surface area contributed by atoms with Crippen LogP contribution >= 0.6 is 0 Å². The van der Waals surface area contributed by atoms with Crippen molar-refractivity contribution >= 4 is 26.2 Å². The van der Waals surface area contributed by atoms with Gasteiger partial charge in [0.25, 0.3) is 5.91 Å². The van der Waals surface area contributed by atoms with Crippen LogP contribution in [0.1, 0.15) is 42.3 Å². The molecular formula is C27H35N5O5Si. The summed E-state index contributed by atoms with van der Waals surface area (Å²) in [4.78, 5) is 37.7. The maximum Gasteiger partial charge on any atom is 0.412 e. The summed E-state index contributed by atoms with van der Waals surface area (Å²) in [5.74, 6) is 1.95. The van der Waals surface area contributed by atoms with Crippen molar-refractivity contribution in [3.05, 3.63) is 65.7 Å². The van der Waals surface area contributed by atoms with Crippen LogP contribution in [-0.4, -0.2) is 55.3 Å². The van der Waals surface area contributed by atoms with Crippen LogP contribution in [-0.2, 0) is 8.85 Å². The molecule has 0 saturated carbocycles. The molecule has 0 fully saturated rings. The number of carbonyl (C=O) groups is 2. The molecule has 0 unspecified atom stereocenters. The molecule has 38 heavy (non-hydrogen) atoms. The fourth-order valence-corrected chi connectivity index (χ4v) is 6.28. The van der Waals surface area contributed by atoms with Crippen LogP contribution in [0.5, 0.6) is 5.75 Å². The molecule has 0 aliphatic carbocycles. The van der Waals surface area contributed by atoms with Crippen LogP contribution in [0.25, 0.3) is 11.4 Å². The van der Waals surface area contributed by atoms with Crippen molar-refractivity contribution in [3.63, 3.8) is 0 Å². The average molecular weight is 538 g/mol. The molecule has 2 N–H and O–H groups in total. The Balaban J connectivity index is 1.47. The van der Waals surface area contributed by atoms with Crippen LogP contribution in [0.4, 0.5) is 10.5 Å². The van der Waals surface area contributed by atoms with Gasteiger partial charge >= 0.3 is 14.7 Å². The van der Waals surface area contributed by atoms with Gasteiger partial charge in [0, 0.05) is 36.6 Å². The number of hydrogen-bond donors (Lipinski definition) is 2. The molecule has 3 rings (SSSR count). The normalized spacial score (nSPS) is 11.2. The SMILES string of the molecule is CCO[Si](C)(CCCNC(=O)Oc1ccc(C(=O)Nc2ccc(-c3nc(C)nc(C)n3)cc2)cc1)OCC. The van der Waals surface area contributed by atoms with E-state index >= 15 is 0 Å². The molecule has 2 amide bonds. The van der Waals surface area contributed by atoms with Gasteiger partial charge in [-0.05, 0) is 95.2 Å². The number of carbonyl (C=O) groups excluding carboxylic acids is 2. The number of nitrogens with zero attached hydrogens (tertiary/aromatic N) is 3. The molecule has 0 radical (unpaired) electrons. The van der Waals surface area contributed by atoms with Crippen LogP contribution in [0.15, 0.2) is 48.5 Å². The highest BCUT2D eigenvalue weighted by Gasteiger charge is 2.29. The van der Waals surface area contributed by atoms with E-state index in [1.54, 1.807) is 36.4 Å². The molecule has 0 bridgehead atoms. The summed E-state index contributed by atoms with van der Waals surface area (Å²) >= 11 is 0. The molecule has 11 heteroatoms. The number of ether oxygens (including phenoxy) is 1. The smallest absolute Gasteiger partial charge is 0.410 e. The van der Waals surface area contributed by atoms with Gasteiger partial charge in [-0.1, -0.05) is 0 Å². The average Bonchev–Trinajstić information content (AvgIpc) is 2.87. The van der Waals surface area contributed by atoms with E-state index < -0.39 is 14.7 Å². The summed E-state index contributed by atoms with van der Waals surface area (Å²) < 4.78 is 16.9. The Hall–Kier alpha value is -3.67. The van der Waals surface area contributed by atoms with Crippen molar-refractivity contribution in [3.8, 4) is 17.1 Å². The van der Waals surface area contributed by atoms with Crippen molar-refractivity contribution in [2.24, 2.45) is 0 Å². The first-order valence-corrected chi connectivity index (χ1v) is 15.2. The third-order valence-corrected chi connectivity index (χ3v) is 8.62. The maximum atomic E-state index is 12.7. The second-order valence-corrected chi connectivity index (χ2v) is 12.1. The minimum absolute atomic E-state index is 0.281. The Morgan fingerprint density at radius 1 is 0.868 bits per heavy atom. The van der Waals surface area contributed by atoms with Crippen molar-refractivity contribution < 1.29 is 23.2 Å². The van der Waals surface area contributed by atoms with Crippen molar-refractivity contribution in [2.75, 3.05) is 25.1 Å². The Kier molecular flexibility index (Phi) is 10.5. The van der Waals surface area contributed by atoms with Crippen LogP contribution < -0.4 is 15.4 Å². The number of amides is 2. The maximum absolute atomic E-state index is 12.7. The van der Waals surface area contributed by atoms with E-state index in [0.717, 1.165) is 18.0 Å². The van der Waals surface area contributed by atoms with Gasteiger partial charge in [-0.15, -0.1) is 0 Å². The summed E-state index contributed by atoms with van der Waals surface area (Å²) in [6.07, 6.45) is 0.175. The molecule has 1 aromatic heterocycles. The third kappa shape index (κ3) is 8.72. The molecule has 0 saturated heterocycles. The van der Waals surface area contributed by atoms with Crippen molar-refractivity contribution in [1.82, 2.24) is 20.3 Å². The van der Waals surface area contributed by atoms with Gasteiger partial charge in [0.15, 0.2) is 5.82 Å². The second-order valence-electron chi connectivity index (χ2n) is 8.73. The number of benzene rings is 2. The number of aryl methyl sites for hydroxylation is 2. The van der Waals surface area contributed by atoms with E-state index in [1.165, 1.54) is 0 Å². The molecule has 10 nitrogen and oxygen atoms in total. The van der Waals surface area contributed by atoms with E-state index in [0.29, 0.717) is 54.2 Å². The number of aromatic nitrogens is 3. The first-order chi connectivity index (χ1) is 18.2. The highest BCUT2D eigenvalue weighted by Crippen LogP contribution is 2.20. The summed E-state index contributed by atoms with van der Waals surface area (Å²) in [6.45, 7) is 11.2.